The van der Waals surface area contributed by atoms with Crippen LogP contribution in [-0.2, 0) is 0 Å². The fourth-order valence-electron chi connectivity index (χ4n) is 3.44. The molecule has 18 nitrogen and oxygen atoms in total. The van der Waals surface area contributed by atoms with E-state index in [1.165, 1.54) is 37.3 Å². The van der Waals surface area contributed by atoms with E-state index in [-0.39, 0.29) is 44.6 Å². The van der Waals surface area contributed by atoms with Crippen molar-refractivity contribution in [3.05, 3.63) is 89.3 Å². The number of halogens is 3. The number of nitrogens with zero attached hydrogens (tertiary/aromatic N) is 9. The van der Waals surface area contributed by atoms with Crippen molar-refractivity contribution in [2.75, 3.05) is 5.73 Å². The van der Waals surface area contributed by atoms with Gasteiger partial charge in [-0.15, -0.1) is 4.63 Å². The van der Waals surface area contributed by atoms with Gasteiger partial charge in [-0.1, -0.05) is 10.3 Å². The first-order chi connectivity index (χ1) is 20.1. The average molecular weight is 649 g/mol. The topological polar surface area (TPSA) is 243 Å². The molecule has 0 bridgehead atoms. The molecule has 6 rings (SSSR count). The number of hydrogen-bond acceptors (Lipinski definition) is 15. The molecule has 0 aliphatic carbocycles. The number of nitrogen functional groups attached to an aromatic ring is 1. The van der Waals surface area contributed by atoms with E-state index in [1.807, 2.05) is 0 Å². The molecule has 0 amide bonds. The number of nitrogens with two attached hydrogens (primary N) is 1. The molecule has 6 aromatic rings. The number of nitro groups is 1. The molecule has 4 heterocycles. The summed E-state index contributed by atoms with van der Waals surface area (Å²) < 4.78 is 46.6. The molecule has 21 heteroatoms. The standard InChI is InChI=1S/C11H6FN5O5.C10H5BrFN5O3/c1-5-4-6(2-3-7(5)12)16-9(14-21-11(16)18)8-10(17(19)20)15-22-13-8;11-5-3-4(1-2-6(5)12)17-9(16-19-10(17)18)7-8(13)15-20-14-7/h2-4H,1H3;1-3H,(H2,13,15). The SMILES string of the molecule is Cc1cc(-n2c(-c3nonc3[N+](=O)[O-])noc2=O)ccc1F.Nc1nonc1-c1noc(=O)n1-c1ccc(F)c(Br)c1. The maximum Gasteiger partial charge on any atom is 0.446 e. The molecule has 0 radical (unpaired) electrons. The van der Waals surface area contributed by atoms with Crippen LogP contribution in [0.1, 0.15) is 5.56 Å². The Morgan fingerprint density at radius 1 is 0.833 bits per heavy atom. The Balaban J connectivity index is 0.000000169. The first kappa shape index (κ1) is 27.7. The molecule has 0 fully saturated rings. The van der Waals surface area contributed by atoms with Gasteiger partial charge in [0.15, 0.2) is 16.7 Å². The number of anilines is 1. The molecular weight excluding hydrogens is 638 g/mol. The third-order valence-corrected chi connectivity index (χ3v) is 5.96. The van der Waals surface area contributed by atoms with Crippen molar-refractivity contribution in [2.24, 2.45) is 0 Å². The van der Waals surface area contributed by atoms with E-state index in [9.17, 15) is 28.5 Å². The zero-order valence-corrected chi connectivity index (χ0v) is 22.1. The van der Waals surface area contributed by atoms with Gasteiger partial charge in [0.05, 0.1) is 15.8 Å². The Morgan fingerprint density at radius 2 is 1.38 bits per heavy atom. The van der Waals surface area contributed by atoms with Crippen LogP contribution in [0, 0.1) is 28.7 Å². The fraction of sp³-hybridized carbons (Fsp3) is 0.0476. The molecule has 4 aromatic heterocycles. The van der Waals surface area contributed by atoms with Crippen molar-refractivity contribution in [1.29, 1.82) is 0 Å². The Labute approximate surface area is 236 Å². The zero-order valence-electron chi connectivity index (χ0n) is 20.5. The lowest BCUT2D eigenvalue weighted by molar-refractivity contribution is -0.390. The number of rotatable bonds is 5. The summed E-state index contributed by atoms with van der Waals surface area (Å²) in [6, 6.07) is 7.75. The summed E-state index contributed by atoms with van der Waals surface area (Å²) in [7, 11) is 0. The van der Waals surface area contributed by atoms with Crippen LogP contribution in [0.15, 0.2) is 68.8 Å². The minimum atomic E-state index is -0.918. The van der Waals surface area contributed by atoms with Gasteiger partial charge in [0.2, 0.25) is 11.6 Å². The molecule has 0 saturated heterocycles. The average Bonchev–Trinajstić information content (AvgIpc) is 3.75. The number of aryl methyl sites for hydroxylation is 1. The molecule has 0 saturated carbocycles. The smallest absolute Gasteiger partial charge is 0.379 e. The van der Waals surface area contributed by atoms with E-state index in [0.29, 0.717) is 5.69 Å². The molecule has 0 unspecified atom stereocenters. The summed E-state index contributed by atoms with van der Waals surface area (Å²) in [5.74, 6) is -3.67. The number of benzene rings is 2. The summed E-state index contributed by atoms with van der Waals surface area (Å²) in [5.41, 5.74) is 6.02. The minimum Gasteiger partial charge on any atom is -0.379 e. The molecule has 42 heavy (non-hydrogen) atoms. The van der Waals surface area contributed by atoms with E-state index < -0.39 is 33.9 Å². The fourth-order valence-corrected chi connectivity index (χ4v) is 3.81. The summed E-state index contributed by atoms with van der Waals surface area (Å²) in [4.78, 5) is 33.6. The summed E-state index contributed by atoms with van der Waals surface area (Å²) in [6.07, 6.45) is 0. The second-order valence-electron chi connectivity index (χ2n) is 7.94. The van der Waals surface area contributed by atoms with Gasteiger partial charge < -0.3 is 15.8 Å². The van der Waals surface area contributed by atoms with Crippen LogP contribution >= 0.6 is 15.9 Å². The second-order valence-corrected chi connectivity index (χ2v) is 8.79. The summed E-state index contributed by atoms with van der Waals surface area (Å²) in [6.45, 7) is 1.50. The van der Waals surface area contributed by atoms with E-state index in [0.717, 1.165) is 15.2 Å². The quantitative estimate of drug-likeness (QED) is 0.208. The Morgan fingerprint density at radius 3 is 1.93 bits per heavy atom. The lowest BCUT2D eigenvalue weighted by atomic mass is 10.2. The first-order valence-corrected chi connectivity index (χ1v) is 11.8. The van der Waals surface area contributed by atoms with Crippen molar-refractivity contribution < 1.29 is 32.0 Å². The highest BCUT2D eigenvalue weighted by Crippen LogP contribution is 2.26. The van der Waals surface area contributed by atoms with Crippen LogP contribution in [0.25, 0.3) is 34.4 Å². The van der Waals surface area contributed by atoms with Gasteiger partial charge in [-0.3, -0.25) is 9.05 Å². The summed E-state index contributed by atoms with van der Waals surface area (Å²) in [5, 5.41) is 31.3. The third kappa shape index (κ3) is 5.05. The van der Waals surface area contributed by atoms with Crippen LogP contribution in [0.3, 0.4) is 0 Å². The Hall–Kier alpha value is -5.86. The van der Waals surface area contributed by atoms with E-state index in [4.69, 9.17) is 5.73 Å². The second kappa shape index (κ2) is 11.0. The van der Waals surface area contributed by atoms with Gasteiger partial charge in [-0.05, 0) is 85.2 Å². The van der Waals surface area contributed by atoms with Crippen LogP contribution < -0.4 is 17.2 Å². The monoisotopic (exact) mass is 648 g/mol. The highest BCUT2D eigenvalue weighted by Gasteiger charge is 2.30. The molecule has 0 spiro atoms. The van der Waals surface area contributed by atoms with Crippen molar-refractivity contribution in [3.63, 3.8) is 0 Å². The van der Waals surface area contributed by atoms with Crippen LogP contribution in [-0.4, -0.2) is 45.0 Å². The lowest BCUT2D eigenvalue weighted by Gasteiger charge is -2.04. The van der Waals surface area contributed by atoms with Gasteiger partial charge in [-0.25, -0.2) is 32.1 Å². The lowest BCUT2D eigenvalue weighted by Crippen LogP contribution is -2.14. The zero-order chi connectivity index (χ0) is 30.1. The molecule has 0 aliphatic heterocycles. The highest BCUT2D eigenvalue weighted by atomic mass is 79.9. The van der Waals surface area contributed by atoms with Crippen molar-refractivity contribution in [3.8, 4) is 34.4 Å². The number of hydrogen-bond donors (Lipinski definition) is 1. The maximum absolute atomic E-state index is 13.3. The predicted octanol–water partition coefficient (Wildman–Crippen LogP) is 2.59. The third-order valence-electron chi connectivity index (χ3n) is 5.35. The maximum atomic E-state index is 13.3. The molecule has 2 N–H and O–H groups in total. The largest absolute Gasteiger partial charge is 0.446 e. The van der Waals surface area contributed by atoms with E-state index in [2.05, 4.69) is 65.2 Å². The van der Waals surface area contributed by atoms with Gasteiger partial charge in [-0.2, -0.15) is 0 Å². The van der Waals surface area contributed by atoms with Crippen molar-refractivity contribution in [2.45, 2.75) is 6.92 Å². The highest BCUT2D eigenvalue weighted by molar-refractivity contribution is 9.10. The van der Waals surface area contributed by atoms with Crippen LogP contribution in [0.5, 0.6) is 0 Å². The van der Waals surface area contributed by atoms with Gasteiger partial charge in [0, 0.05) is 0 Å². The number of aromatic nitrogens is 8. The minimum absolute atomic E-state index is 0.00672. The van der Waals surface area contributed by atoms with E-state index in [1.54, 1.807) is 0 Å². The molecule has 214 valence electrons. The molecule has 0 aliphatic rings. The van der Waals surface area contributed by atoms with Gasteiger partial charge in [0.1, 0.15) is 11.6 Å². The van der Waals surface area contributed by atoms with Gasteiger partial charge in [0.25, 0.3) is 5.69 Å². The first-order valence-electron chi connectivity index (χ1n) is 11.0. The predicted molar refractivity (Wildman–Crippen MR) is 134 cm³/mol. The molecular formula is C21H11BrF2N10O8. The van der Waals surface area contributed by atoms with Crippen LogP contribution in [0.2, 0.25) is 0 Å². The van der Waals surface area contributed by atoms with E-state index >= 15 is 0 Å². The van der Waals surface area contributed by atoms with Gasteiger partial charge >= 0.3 is 17.3 Å². The van der Waals surface area contributed by atoms with Crippen molar-refractivity contribution in [1.82, 2.24) is 40.1 Å². The summed E-state index contributed by atoms with van der Waals surface area (Å²) >= 11 is 3.03. The normalized spacial score (nSPS) is 10.9. The Kier molecular flexibility index (Phi) is 7.23. The molecule has 2 aromatic carbocycles. The molecule has 0 atom stereocenters. The Bertz CT molecular complexity index is 2060. The van der Waals surface area contributed by atoms with Crippen LogP contribution in [0.4, 0.5) is 20.4 Å². The van der Waals surface area contributed by atoms with Crippen molar-refractivity contribution >= 4 is 27.6 Å².